The molecule has 0 aromatic carbocycles. The number of allylic oxidation sites excluding steroid dienone is 1. The Hall–Kier alpha value is -0.830. The second-order valence-electron chi connectivity index (χ2n) is 2.43. The molecule has 0 aromatic rings. The van der Waals surface area contributed by atoms with Gasteiger partial charge in [0.15, 0.2) is 6.10 Å². The van der Waals surface area contributed by atoms with E-state index in [2.05, 4.69) is 11.7 Å². The van der Waals surface area contributed by atoms with Crippen LogP contribution in [0.3, 0.4) is 0 Å². The minimum absolute atomic E-state index is 0.0281. The van der Waals surface area contributed by atoms with Gasteiger partial charge in [-0.05, 0) is 12.5 Å². The molecule has 1 rings (SSSR count). The van der Waals surface area contributed by atoms with Crippen molar-refractivity contribution in [2.45, 2.75) is 19.4 Å². The Morgan fingerprint density at radius 3 is 3.00 bits per heavy atom. The summed E-state index contributed by atoms with van der Waals surface area (Å²) in [5.41, 5.74) is 1.77. The molecule has 3 nitrogen and oxygen atoms in total. The Labute approximate surface area is 60.0 Å². The summed E-state index contributed by atoms with van der Waals surface area (Å²) in [7, 11) is 0. The summed E-state index contributed by atoms with van der Waals surface area (Å²) >= 11 is 0. The molecule has 0 saturated heterocycles. The third kappa shape index (κ3) is 1.36. The van der Waals surface area contributed by atoms with Gasteiger partial charge in [-0.1, -0.05) is 11.7 Å². The van der Waals surface area contributed by atoms with E-state index >= 15 is 0 Å². The fourth-order valence-corrected chi connectivity index (χ4v) is 0.778. The Balaban J connectivity index is 2.47. The fraction of sp³-hybridized carbons (Fsp3) is 0.571. The highest BCUT2D eigenvalue weighted by Crippen LogP contribution is 2.13. The van der Waals surface area contributed by atoms with Crippen molar-refractivity contribution in [2.24, 2.45) is 5.16 Å². The van der Waals surface area contributed by atoms with Crippen LogP contribution < -0.4 is 0 Å². The van der Waals surface area contributed by atoms with Crippen LogP contribution in [-0.2, 0) is 4.84 Å². The van der Waals surface area contributed by atoms with E-state index in [-0.39, 0.29) is 12.7 Å². The third-order valence-electron chi connectivity index (χ3n) is 1.43. The number of hydrogen-bond acceptors (Lipinski definition) is 3. The van der Waals surface area contributed by atoms with Gasteiger partial charge in [0.1, 0.15) is 0 Å². The number of rotatable bonds is 2. The van der Waals surface area contributed by atoms with Crippen LogP contribution in [0.25, 0.3) is 0 Å². The summed E-state index contributed by atoms with van der Waals surface area (Å²) in [6.45, 7) is 5.62. The molecule has 3 heteroatoms. The van der Waals surface area contributed by atoms with Gasteiger partial charge in [0.05, 0.1) is 12.3 Å². The predicted octanol–water partition coefficient (Wildman–Crippen LogP) is 0.700. The summed E-state index contributed by atoms with van der Waals surface area (Å²) < 4.78 is 0. The Bertz CT molecular complexity index is 174. The molecule has 1 N–H and O–H groups in total. The molecule has 0 saturated carbocycles. The molecular weight excluding hydrogens is 130 g/mol. The van der Waals surface area contributed by atoms with Gasteiger partial charge in [-0.3, -0.25) is 0 Å². The first-order valence-electron chi connectivity index (χ1n) is 3.23. The molecule has 56 valence electrons. The molecule has 0 spiro atoms. The van der Waals surface area contributed by atoms with Crippen molar-refractivity contribution in [3.8, 4) is 0 Å². The lowest BCUT2D eigenvalue weighted by atomic mass is 10.1. The van der Waals surface area contributed by atoms with Crippen LogP contribution in [0.5, 0.6) is 0 Å². The minimum Gasteiger partial charge on any atom is -0.392 e. The smallest absolute Gasteiger partial charge is 0.156 e. The summed E-state index contributed by atoms with van der Waals surface area (Å²) in [4.78, 5) is 4.85. The quantitative estimate of drug-likeness (QED) is 0.615. The maximum absolute atomic E-state index is 8.64. The van der Waals surface area contributed by atoms with Crippen molar-refractivity contribution in [2.75, 3.05) is 6.61 Å². The van der Waals surface area contributed by atoms with Gasteiger partial charge in [0, 0.05) is 6.42 Å². The molecule has 1 aliphatic heterocycles. The van der Waals surface area contributed by atoms with Crippen LogP contribution in [0, 0.1) is 0 Å². The summed E-state index contributed by atoms with van der Waals surface area (Å²) in [5.74, 6) is 0. The van der Waals surface area contributed by atoms with Gasteiger partial charge in [0.25, 0.3) is 0 Å². The number of hydrogen-bond donors (Lipinski definition) is 1. The van der Waals surface area contributed by atoms with E-state index < -0.39 is 0 Å². The largest absolute Gasteiger partial charge is 0.392 e. The van der Waals surface area contributed by atoms with E-state index in [0.29, 0.717) is 6.42 Å². The zero-order chi connectivity index (χ0) is 7.56. The second kappa shape index (κ2) is 2.84. The summed E-state index contributed by atoms with van der Waals surface area (Å²) in [5, 5.41) is 12.4. The number of oxime groups is 1. The highest BCUT2D eigenvalue weighted by molar-refractivity contribution is 5.99. The van der Waals surface area contributed by atoms with Gasteiger partial charge in [-0.2, -0.15) is 0 Å². The molecule has 0 unspecified atom stereocenters. The number of aliphatic hydroxyl groups is 1. The van der Waals surface area contributed by atoms with Crippen LogP contribution in [0.15, 0.2) is 17.3 Å². The van der Waals surface area contributed by atoms with Gasteiger partial charge in [-0.25, -0.2) is 0 Å². The van der Waals surface area contributed by atoms with Crippen LogP contribution in [0.4, 0.5) is 0 Å². The monoisotopic (exact) mass is 141 g/mol. The first kappa shape index (κ1) is 7.28. The highest BCUT2D eigenvalue weighted by Gasteiger charge is 2.19. The Kier molecular flexibility index (Phi) is 2.06. The minimum atomic E-state index is -0.147. The van der Waals surface area contributed by atoms with E-state index in [0.717, 1.165) is 11.3 Å². The number of nitrogens with zero attached hydrogens (tertiary/aromatic N) is 1. The zero-order valence-corrected chi connectivity index (χ0v) is 6.00. The molecule has 0 radical (unpaired) electrons. The van der Waals surface area contributed by atoms with Crippen molar-refractivity contribution in [3.05, 3.63) is 12.2 Å². The van der Waals surface area contributed by atoms with Crippen molar-refractivity contribution in [1.82, 2.24) is 0 Å². The first-order chi connectivity index (χ1) is 4.74. The SMILES string of the molecule is C=C(C)C1=NO[C@H](CO)C1. The van der Waals surface area contributed by atoms with E-state index in [1.165, 1.54) is 0 Å². The van der Waals surface area contributed by atoms with Crippen LogP contribution in [0.1, 0.15) is 13.3 Å². The molecule has 1 atom stereocenters. The molecular formula is C7H11NO2. The van der Waals surface area contributed by atoms with Crippen molar-refractivity contribution in [1.29, 1.82) is 0 Å². The van der Waals surface area contributed by atoms with E-state index in [4.69, 9.17) is 9.94 Å². The normalized spacial score (nSPS) is 23.8. The highest BCUT2D eigenvalue weighted by atomic mass is 16.6. The van der Waals surface area contributed by atoms with Gasteiger partial charge < -0.3 is 9.94 Å². The van der Waals surface area contributed by atoms with Crippen LogP contribution in [-0.4, -0.2) is 23.5 Å². The Morgan fingerprint density at radius 1 is 2.00 bits per heavy atom. The number of aliphatic hydroxyl groups excluding tert-OH is 1. The molecule has 0 bridgehead atoms. The molecule has 0 aliphatic carbocycles. The van der Waals surface area contributed by atoms with Gasteiger partial charge in [0.2, 0.25) is 0 Å². The molecule has 0 amide bonds. The average molecular weight is 141 g/mol. The fourth-order valence-electron chi connectivity index (χ4n) is 0.778. The summed E-state index contributed by atoms with van der Waals surface area (Å²) in [6, 6.07) is 0. The second-order valence-corrected chi connectivity index (χ2v) is 2.43. The van der Waals surface area contributed by atoms with Crippen molar-refractivity contribution < 1.29 is 9.94 Å². The maximum atomic E-state index is 8.64. The van der Waals surface area contributed by atoms with E-state index in [1.807, 2.05) is 6.92 Å². The molecule has 0 aromatic heterocycles. The maximum Gasteiger partial charge on any atom is 0.156 e. The zero-order valence-electron chi connectivity index (χ0n) is 6.00. The topological polar surface area (TPSA) is 41.8 Å². The van der Waals surface area contributed by atoms with E-state index in [1.54, 1.807) is 0 Å². The molecule has 1 heterocycles. The lowest BCUT2D eigenvalue weighted by molar-refractivity contribution is 0.0390. The molecule has 1 aliphatic rings. The van der Waals surface area contributed by atoms with Gasteiger partial charge in [-0.15, -0.1) is 0 Å². The third-order valence-corrected chi connectivity index (χ3v) is 1.43. The predicted molar refractivity (Wildman–Crippen MR) is 38.8 cm³/mol. The average Bonchev–Trinajstić information content (AvgIpc) is 2.34. The lowest BCUT2D eigenvalue weighted by Crippen LogP contribution is -2.12. The lowest BCUT2D eigenvalue weighted by Gasteiger charge is -2.00. The van der Waals surface area contributed by atoms with E-state index in [9.17, 15) is 0 Å². The standard InChI is InChI=1S/C7H11NO2/c1-5(2)7-3-6(4-9)10-8-7/h6,9H,1,3-4H2,2H3/t6-/m0/s1. The molecule has 10 heavy (non-hydrogen) atoms. The summed E-state index contributed by atoms with van der Waals surface area (Å²) in [6.07, 6.45) is 0.540. The van der Waals surface area contributed by atoms with Crippen molar-refractivity contribution >= 4 is 5.71 Å². The first-order valence-corrected chi connectivity index (χ1v) is 3.23. The molecule has 0 fully saturated rings. The van der Waals surface area contributed by atoms with Crippen LogP contribution >= 0.6 is 0 Å². The Morgan fingerprint density at radius 2 is 2.70 bits per heavy atom. The van der Waals surface area contributed by atoms with Crippen LogP contribution in [0.2, 0.25) is 0 Å². The van der Waals surface area contributed by atoms with Crippen molar-refractivity contribution in [3.63, 3.8) is 0 Å². The van der Waals surface area contributed by atoms with Gasteiger partial charge >= 0.3 is 0 Å².